The Morgan fingerprint density at radius 1 is 1.23 bits per heavy atom. The van der Waals surface area contributed by atoms with Crippen molar-refractivity contribution in [1.29, 1.82) is 0 Å². The summed E-state index contributed by atoms with van der Waals surface area (Å²) in [6.45, 7) is 8.60. The number of benzene rings is 1. The fraction of sp³-hybridized carbons (Fsp3) is 0.619. The van der Waals surface area contributed by atoms with Gasteiger partial charge in [0.2, 0.25) is 0 Å². The second-order valence-corrected chi connectivity index (χ2v) is 14.9. The highest BCUT2D eigenvalue weighted by molar-refractivity contribution is 6.76. The average molecular weight is 437 g/mol. The molecule has 0 saturated carbocycles. The molecule has 0 unspecified atom stereocenters. The largest absolute Gasteiger partial charge is 0.489 e. The number of halogens is 1. The molecule has 0 amide bonds. The standard InChI is InChI=1S/C21H33FN4O3Si/c1-24(2)16-12-25(13-16)20-18(29-9-8-22)7-6-17-19(20)21(27)26(14-23-17)15-28-10-11-30(3,4)5/h6-7,14,16H,8-13,15H2,1-5H3. The van der Waals surface area contributed by atoms with Crippen molar-refractivity contribution in [2.24, 2.45) is 0 Å². The normalized spacial score (nSPS) is 15.1. The summed E-state index contributed by atoms with van der Waals surface area (Å²) < 4.78 is 25.7. The maximum atomic E-state index is 13.3. The van der Waals surface area contributed by atoms with Crippen LogP contribution in [0, 0.1) is 0 Å². The number of fused-ring (bicyclic) bond motifs is 1. The number of anilines is 1. The Morgan fingerprint density at radius 3 is 2.60 bits per heavy atom. The molecule has 1 fully saturated rings. The van der Waals surface area contributed by atoms with Crippen LogP contribution >= 0.6 is 0 Å². The first kappa shape index (κ1) is 22.7. The molecule has 2 aromatic rings. The molecule has 166 valence electrons. The molecule has 0 radical (unpaired) electrons. The van der Waals surface area contributed by atoms with E-state index >= 15 is 0 Å². The van der Waals surface area contributed by atoms with Gasteiger partial charge in [-0.05, 0) is 32.3 Å². The Kier molecular flexibility index (Phi) is 7.15. The zero-order valence-electron chi connectivity index (χ0n) is 18.7. The molecule has 1 aromatic carbocycles. The van der Waals surface area contributed by atoms with E-state index in [1.807, 2.05) is 14.1 Å². The molecule has 1 saturated heterocycles. The lowest BCUT2D eigenvalue weighted by Gasteiger charge is -2.45. The van der Waals surface area contributed by atoms with Crippen LogP contribution in [0.15, 0.2) is 23.3 Å². The van der Waals surface area contributed by atoms with Gasteiger partial charge in [0, 0.05) is 33.8 Å². The lowest BCUT2D eigenvalue weighted by molar-refractivity contribution is 0.0844. The minimum absolute atomic E-state index is 0.0439. The zero-order chi connectivity index (χ0) is 21.9. The maximum Gasteiger partial charge on any atom is 0.265 e. The topological polar surface area (TPSA) is 59.8 Å². The second kappa shape index (κ2) is 9.45. The van der Waals surface area contributed by atoms with E-state index in [1.54, 1.807) is 12.1 Å². The quantitative estimate of drug-likeness (QED) is 0.422. The minimum atomic E-state index is -1.20. The Morgan fingerprint density at radius 2 is 1.97 bits per heavy atom. The number of hydrogen-bond donors (Lipinski definition) is 0. The molecule has 0 aliphatic carbocycles. The van der Waals surface area contributed by atoms with Gasteiger partial charge in [0.05, 0.1) is 16.6 Å². The summed E-state index contributed by atoms with van der Waals surface area (Å²) in [6, 6.07) is 4.97. The van der Waals surface area contributed by atoms with Crippen LogP contribution in [-0.2, 0) is 11.5 Å². The summed E-state index contributed by atoms with van der Waals surface area (Å²) in [4.78, 5) is 22.1. The predicted molar refractivity (Wildman–Crippen MR) is 121 cm³/mol. The van der Waals surface area contributed by atoms with E-state index in [0.717, 1.165) is 19.1 Å². The van der Waals surface area contributed by atoms with Crippen LogP contribution in [0.5, 0.6) is 5.75 Å². The van der Waals surface area contributed by atoms with Gasteiger partial charge in [0.25, 0.3) is 5.56 Å². The Labute approximate surface area is 178 Å². The molecule has 7 nitrogen and oxygen atoms in total. The number of rotatable bonds is 10. The number of hydrogen-bond acceptors (Lipinski definition) is 6. The predicted octanol–water partition coefficient (Wildman–Crippen LogP) is 2.81. The fourth-order valence-corrected chi connectivity index (χ4v) is 4.14. The van der Waals surface area contributed by atoms with Crippen LogP contribution in [0.3, 0.4) is 0 Å². The molecule has 0 bridgehead atoms. The van der Waals surface area contributed by atoms with Crippen molar-refractivity contribution in [3.63, 3.8) is 0 Å². The van der Waals surface area contributed by atoms with E-state index in [0.29, 0.717) is 35.0 Å². The van der Waals surface area contributed by atoms with Crippen molar-refractivity contribution in [3.8, 4) is 5.75 Å². The van der Waals surface area contributed by atoms with Gasteiger partial charge >= 0.3 is 0 Å². The third-order valence-corrected chi connectivity index (χ3v) is 7.10. The van der Waals surface area contributed by atoms with Crippen LogP contribution in [-0.4, -0.2) is 75.6 Å². The molecule has 3 rings (SSSR count). The molecule has 1 aromatic heterocycles. The van der Waals surface area contributed by atoms with Crippen LogP contribution < -0.4 is 15.2 Å². The van der Waals surface area contributed by atoms with Gasteiger partial charge in [-0.25, -0.2) is 9.37 Å². The number of alkyl halides is 1. The highest BCUT2D eigenvalue weighted by Gasteiger charge is 2.32. The van der Waals surface area contributed by atoms with Gasteiger partial charge in [0.15, 0.2) is 0 Å². The van der Waals surface area contributed by atoms with Crippen molar-refractivity contribution >= 4 is 24.7 Å². The number of aromatic nitrogens is 2. The summed E-state index contributed by atoms with van der Waals surface area (Å²) in [7, 11) is 2.88. The van der Waals surface area contributed by atoms with E-state index in [-0.39, 0.29) is 18.9 Å². The average Bonchev–Trinajstić information content (AvgIpc) is 2.63. The lowest BCUT2D eigenvalue weighted by atomic mass is 10.0. The first-order chi connectivity index (χ1) is 14.2. The summed E-state index contributed by atoms with van der Waals surface area (Å²) in [5.41, 5.74) is 1.14. The highest BCUT2D eigenvalue weighted by atomic mass is 28.3. The van der Waals surface area contributed by atoms with E-state index < -0.39 is 14.7 Å². The summed E-state index contributed by atoms with van der Waals surface area (Å²) >= 11 is 0. The van der Waals surface area contributed by atoms with E-state index in [1.165, 1.54) is 10.9 Å². The fourth-order valence-electron chi connectivity index (χ4n) is 3.38. The van der Waals surface area contributed by atoms with Gasteiger partial charge in [-0.3, -0.25) is 9.36 Å². The molecule has 0 N–H and O–H groups in total. The first-order valence-electron chi connectivity index (χ1n) is 10.4. The molecule has 30 heavy (non-hydrogen) atoms. The van der Waals surface area contributed by atoms with Crippen LogP contribution in [0.25, 0.3) is 10.9 Å². The molecule has 0 spiro atoms. The Hall–Kier alpha value is -1.97. The van der Waals surface area contributed by atoms with Crippen molar-refractivity contribution < 1.29 is 13.9 Å². The van der Waals surface area contributed by atoms with Crippen LogP contribution in [0.4, 0.5) is 10.1 Å². The van der Waals surface area contributed by atoms with Crippen LogP contribution in [0.1, 0.15) is 0 Å². The third kappa shape index (κ3) is 5.19. The minimum Gasteiger partial charge on any atom is -0.489 e. The van der Waals surface area contributed by atoms with E-state index in [2.05, 4.69) is 34.4 Å². The summed E-state index contributed by atoms with van der Waals surface area (Å²) in [5, 5.41) is 0.500. The summed E-state index contributed by atoms with van der Waals surface area (Å²) in [5.74, 6) is 0.522. The molecule has 1 aliphatic heterocycles. The maximum absolute atomic E-state index is 13.3. The smallest absolute Gasteiger partial charge is 0.265 e. The first-order valence-corrected chi connectivity index (χ1v) is 14.1. The van der Waals surface area contributed by atoms with Gasteiger partial charge in [-0.2, -0.15) is 0 Å². The van der Waals surface area contributed by atoms with Gasteiger partial charge in [0.1, 0.15) is 32.1 Å². The zero-order valence-corrected chi connectivity index (χ0v) is 19.7. The second-order valence-electron chi connectivity index (χ2n) is 9.23. The number of ether oxygens (including phenoxy) is 2. The molecule has 2 heterocycles. The van der Waals surface area contributed by atoms with Gasteiger partial charge in [-0.1, -0.05) is 19.6 Å². The van der Waals surface area contributed by atoms with Crippen LogP contribution in [0.2, 0.25) is 25.7 Å². The van der Waals surface area contributed by atoms with Gasteiger partial charge < -0.3 is 19.3 Å². The summed E-state index contributed by atoms with van der Waals surface area (Å²) in [6.07, 6.45) is 1.53. The number of likely N-dealkylation sites (N-methyl/N-ethyl adjacent to an activating group) is 1. The van der Waals surface area contributed by atoms with Crippen molar-refractivity contribution in [2.45, 2.75) is 38.5 Å². The molecular formula is C21H33FN4O3Si. The molecule has 9 heteroatoms. The Bertz CT molecular complexity index is 923. The molecular weight excluding hydrogens is 403 g/mol. The molecule has 0 atom stereocenters. The third-order valence-electron chi connectivity index (χ3n) is 5.40. The number of nitrogens with zero attached hydrogens (tertiary/aromatic N) is 4. The van der Waals surface area contributed by atoms with E-state index in [9.17, 15) is 9.18 Å². The van der Waals surface area contributed by atoms with E-state index in [4.69, 9.17) is 9.47 Å². The van der Waals surface area contributed by atoms with Crippen molar-refractivity contribution in [3.05, 3.63) is 28.8 Å². The van der Waals surface area contributed by atoms with Crippen molar-refractivity contribution in [1.82, 2.24) is 14.5 Å². The van der Waals surface area contributed by atoms with Crippen molar-refractivity contribution in [2.75, 3.05) is 52.0 Å². The monoisotopic (exact) mass is 436 g/mol. The van der Waals surface area contributed by atoms with Gasteiger partial charge in [-0.15, -0.1) is 0 Å². The lowest BCUT2D eigenvalue weighted by Crippen LogP contribution is -2.57. The Balaban J connectivity index is 1.92. The highest BCUT2D eigenvalue weighted by Crippen LogP contribution is 2.37. The molecule has 1 aliphatic rings. The SMILES string of the molecule is CN(C)C1CN(c2c(OCCF)ccc3ncn(COCC[Si](C)(C)C)c(=O)c23)C1.